The van der Waals surface area contributed by atoms with Gasteiger partial charge in [-0.05, 0) is 48.7 Å². The van der Waals surface area contributed by atoms with E-state index in [4.69, 9.17) is 4.74 Å². The van der Waals surface area contributed by atoms with Gasteiger partial charge in [-0.25, -0.2) is 0 Å². The predicted octanol–water partition coefficient (Wildman–Crippen LogP) is 6.16. The molecule has 9 heteroatoms. The molecule has 3 rings (SSSR count). The SMILES string of the molecule is Cl.FC(F)(F)c1cc(CO[C@@H]2CCCN[C@@H]2c2ccccc2)cc(C(F)(F)F)c1. The van der Waals surface area contributed by atoms with E-state index in [1.165, 1.54) is 0 Å². The summed E-state index contributed by atoms with van der Waals surface area (Å²) >= 11 is 0. The standard InChI is InChI=1S/C20H19F6NO.ClH/c21-19(22,23)15-9-13(10-16(11-15)20(24,25)26)12-28-17-7-4-8-27-18(17)14-5-2-1-3-6-14;/h1-3,5-6,9-11,17-18,27H,4,7-8,12H2;1H/t17-,18-;/m1./s1. The molecule has 1 aliphatic heterocycles. The minimum Gasteiger partial charge on any atom is -0.372 e. The van der Waals surface area contributed by atoms with Crippen molar-refractivity contribution in [1.82, 2.24) is 5.32 Å². The first-order valence-electron chi connectivity index (χ1n) is 8.83. The first-order chi connectivity index (χ1) is 13.1. The number of alkyl halides is 6. The van der Waals surface area contributed by atoms with Crippen LogP contribution in [-0.4, -0.2) is 12.6 Å². The summed E-state index contributed by atoms with van der Waals surface area (Å²) in [7, 11) is 0. The summed E-state index contributed by atoms with van der Waals surface area (Å²) in [5.74, 6) is 0. The third-order valence-electron chi connectivity index (χ3n) is 4.67. The molecular formula is C20H20ClF6NO. The van der Waals surface area contributed by atoms with Crippen LogP contribution in [0.15, 0.2) is 48.5 Å². The van der Waals surface area contributed by atoms with Gasteiger partial charge in [0.1, 0.15) is 0 Å². The summed E-state index contributed by atoms with van der Waals surface area (Å²) in [4.78, 5) is 0. The lowest BCUT2D eigenvalue weighted by Gasteiger charge is -2.33. The Kier molecular flexibility index (Phi) is 7.59. The number of hydrogen-bond donors (Lipinski definition) is 1. The molecule has 2 atom stereocenters. The monoisotopic (exact) mass is 439 g/mol. The first kappa shape index (κ1) is 23.5. The van der Waals surface area contributed by atoms with E-state index in [2.05, 4.69) is 5.32 Å². The van der Waals surface area contributed by atoms with Crippen molar-refractivity contribution >= 4 is 12.4 Å². The third kappa shape index (κ3) is 6.10. The fraction of sp³-hybridized carbons (Fsp3) is 0.400. The average molecular weight is 440 g/mol. The Hall–Kier alpha value is -1.77. The second-order valence-electron chi connectivity index (χ2n) is 6.75. The zero-order chi connectivity index (χ0) is 20.4. The normalized spacial score (nSPS) is 20.2. The van der Waals surface area contributed by atoms with E-state index in [9.17, 15) is 26.3 Å². The molecule has 2 aromatic rings. The van der Waals surface area contributed by atoms with Crippen LogP contribution in [0.1, 0.15) is 41.1 Å². The first-order valence-corrected chi connectivity index (χ1v) is 8.83. The van der Waals surface area contributed by atoms with Crippen molar-refractivity contribution in [2.75, 3.05) is 6.54 Å². The van der Waals surface area contributed by atoms with Gasteiger partial charge in [-0.1, -0.05) is 30.3 Å². The summed E-state index contributed by atoms with van der Waals surface area (Å²) in [5, 5.41) is 3.31. The Morgan fingerprint density at radius 2 is 1.48 bits per heavy atom. The molecule has 0 bridgehead atoms. The molecule has 0 radical (unpaired) electrons. The van der Waals surface area contributed by atoms with Crippen LogP contribution in [0.4, 0.5) is 26.3 Å². The molecule has 29 heavy (non-hydrogen) atoms. The third-order valence-corrected chi connectivity index (χ3v) is 4.67. The smallest absolute Gasteiger partial charge is 0.372 e. The number of rotatable bonds is 4. The molecule has 2 aromatic carbocycles. The molecule has 0 unspecified atom stereocenters. The second kappa shape index (κ2) is 9.36. The van der Waals surface area contributed by atoms with Gasteiger partial charge in [0.25, 0.3) is 0 Å². The van der Waals surface area contributed by atoms with Crippen molar-refractivity contribution < 1.29 is 31.1 Å². The van der Waals surface area contributed by atoms with Gasteiger partial charge in [-0.15, -0.1) is 12.4 Å². The summed E-state index contributed by atoms with van der Waals surface area (Å²) in [6, 6.07) is 10.8. The highest BCUT2D eigenvalue weighted by molar-refractivity contribution is 5.85. The molecule has 0 aromatic heterocycles. The van der Waals surface area contributed by atoms with Gasteiger partial charge in [-0.2, -0.15) is 26.3 Å². The van der Waals surface area contributed by atoms with Crippen LogP contribution in [-0.2, 0) is 23.7 Å². The summed E-state index contributed by atoms with van der Waals surface area (Å²) < 4.78 is 83.8. The van der Waals surface area contributed by atoms with Gasteiger partial charge < -0.3 is 10.1 Å². The number of hydrogen-bond acceptors (Lipinski definition) is 2. The van der Waals surface area contributed by atoms with E-state index in [0.29, 0.717) is 18.6 Å². The second-order valence-corrected chi connectivity index (χ2v) is 6.75. The molecule has 1 aliphatic rings. The van der Waals surface area contributed by atoms with E-state index < -0.39 is 23.5 Å². The van der Waals surface area contributed by atoms with Crippen molar-refractivity contribution in [2.24, 2.45) is 0 Å². The summed E-state index contributed by atoms with van der Waals surface area (Å²) in [5.41, 5.74) is -1.85. The maximum Gasteiger partial charge on any atom is 0.416 e. The molecular weight excluding hydrogens is 420 g/mol. The van der Waals surface area contributed by atoms with E-state index in [0.717, 1.165) is 18.5 Å². The van der Waals surface area contributed by atoms with Crippen LogP contribution >= 0.6 is 12.4 Å². The van der Waals surface area contributed by atoms with Crippen LogP contribution in [0.5, 0.6) is 0 Å². The number of nitrogens with one attached hydrogen (secondary N) is 1. The molecule has 1 heterocycles. The summed E-state index contributed by atoms with van der Waals surface area (Å²) in [6.07, 6.45) is -8.61. The number of ether oxygens (including phenoxy) is 1. The molecule has 0 spiro atoms. The Labute approximate surface area is 170 Å². The molecule has 160 valence electrons. The highest BCUT2D eigenvalue weighted by Gasteiger charge is 2.37. The van der Waals surface area contributed by atoms with Gasteiger partial charge in [-0.3, -0.25) is 0 Å². The zero-order valence-corrected chi connectivity index (χ0v) is 16.0. The van der Waals surface area contributed by atoms with Gasteiger partial charge in [0.15, 0.2) is 0 Å². The van der Waals surface area contributed by atoms with Crippen molar-refractivity contribution in [3.63, 3.8) is 0 Å². The van der Waals surface area contributed by atoms with Crippen LogP contribution in [0, 0.1) is 0 Å². The number of benzene rings is 2. The van der Waals surface area contributed by atoms with Crippen LogP contribution in [0.25, 0.3) is 0 Å². The Bertz CT molecular complexity index is 762. The van der Waals surface area contributed by atoms with Gasteiger partial charge in [0, 0.05) is 0 Å². The molecule has 0 amide bonds. The Morgan fingerprint density at radius 1 is 0.897 bits per heavy atom. The minimum absolute atomic E-state index is 0. The van der Waals surface area contributed by atoms with E-state index in [1.807, 2.05) is 30.3 Å². The Morgan fingerprint density at radius 3 is 2.03 bits per heavy atom. The topological polar surface area (TPSA) is 21.3 Å². The quantitative estimate of drug-likeness (QED) is 0.576. The lowest BCUT2D eigenvalue weighted by atomic mass is 9.94. The highest BCUT2D eigenvalue weighted by atomic mass is 35.5. The maximum absolute atomic E-state index is 13.0. The van der Waals surface area contributed by atoms with E-state index in [1.54, 1.807) is 0 Å². The maximum atomic E-state index is 13.0. The fourth-order valence-corrected chi connectivity index (χ4v) is 3.34. The zero-order valence-electron chi connectivity index (χ0n) is 15.2. The number of halogens is 7. The minimum atomic E-state index is -4.87. The highest BCUT2D eigenvalue weighted by Crippen LogP contribution is 2.37. The van der Waals surface area contributed by atoms with E-state index >= 15 is 0 Å². The predicted molar refractivity (Wildman–Crippen MR) is 98.7 cm³/mol. The summed E-state index contributed by atoms with van der Waals surface area (Å²) in [6.45, 7) is 0.434. The van der Waals surface area contributed by atoms with Crippen LogP contribution in [0.3, 0.4) is 0 Å². The average Bonchev–Trinajstić information content (AvgIpc) is 2.66. The van der Waals surface area contributed by atoms with Gasteiger partial charge in [0.2, 0.25) is 0 Å². The molecule has 1 fully saturated rings. The lowest BCUT2D eigenvalue weighted by molar-refractivity contribution is -0.143. The van der Waals surface area contributed by atoms with E-state index in [-0.39, 0.29) is 42.8 Å². The molecule has 1 N–H and O–H groups in total. The molecule has 0 saturated carbocycles. The van der Waals surface area contributed by atoms with Gasteiger partial charge >= 0.3 is 12.4 Å². The number of piperidine rings is 1. The largest absolute Gasteiger partial charge is 0.416 e. The van der Waals surface area contributed by atoms with Crippen LogP contribution < -0.4 is 5.32 Å². The van der Waals surface area contributed by atoms with Crippen molar-refractivity contribution in [3.8, 4) is 0 Å². The Balaban J connectivity index is 0.00000300. The molecule has 2 nitrogen and oxygen atoms in total. The van der Waals surface area contributed by atoms with Crippen LogP contribution in [0.2, 0.25) is 0 Å². The van der Waals surface area contributed by atoms with Crippen molar-refractivity contribution in [2.45, 2.75) is 43.9 Å². The molecule has 0 aliphatic carbocycles. The lowest BCUT2D eigenvalue weighted by Crippen LogP contribution is -2.39. The fourth-order valence-electron chi connectivity index (χ4n) is 3.34. The van der Waals surface area contributed by atoms with Crippen molar-refractivity contribution in [3.05, 3.63) is 70.8 Å². The van der Waals surface area contributed by atoms with Crippen molar-refractivity contribution in [1.29, 1.82) is 0 Å². The van der Waals surface area contributed by atoms with Gasteiger partial charge in [0.05, 0.1) is 29.9 Å². The molecule has 1 saturated heterocycles.